The molecule has 0 heterocycles. The van der Waals surface area contributed by atoms with Gasteiger partial charge in [0.05, 0.1) is 41.3 Å². The van der Waals surface area contributed by atoms with E-state index in [4.69, 9.17) is 21.0 Å². The van der Waals surface area contributed by atoms with Gasteiger partial charge in [-0.25, -0.2) is 0 Å². The lowest BCUT2D eigenvalue weighted by Gasteiger charge is -1.96. The standard InChI is InChI=1S/C13H10N2O.C9H7N.C5H7NO.C2H6/c1-2-13(16)12(9-15)7-10-3-5-11(8-14)6-4-10;1-2-8-3-5-9(7-10)6-4-8;1-2-5(7)3-4-6;1-2/h3-7H,2H2,1H3;2-6H,1H2;2-3H2,1H3;1-2H3/b12-7-;;;. The van der Waals surface area contributed by atoms with Gasteiger partial charge in [-0.3, -0.25) is 9.59 Å². The van der Waals surface area contributed by atoms with E-state index < -0.39 is 0 Å². The Kier molecular flexibility index (Phi) is 19.5. The summed E-state index contributed by atoms with van der Waals surface area (Å²) < 4.78 is 0. The molecule has 2 rings (SSSR count). The van der Waals surface area contributed by atoms with Crippen molar-refractivity contribution in [1.29, 1.82) is 21.0 Å². The van der Waals surface area contributed by atoms with E-state index in [0.29, 0.717) is 24.0 Å². The Morgan fingerprint density at radius 3 is 1.54 bits per heavy atom. The summed E-state index contributed by atoms with van der Waals surface area (Å²) in [6.07, 6.45) is 4.15. The lowest BCUT2D eigenvalue weighted by atomic mass is 10.1. The number of benzene rings is 2. The lowest BCUT2D eigenvalue weighted by Crippen LogP contribution is -1.97. The van der Waals surface area contributed by atoms with Gasteiger partial charge < -0.3 is 0 Å². The number of allylic oxidation sites excluding steroid dienone is 1. The van der Waals surface area contributed by atoms with E-state index in [0.717, 1.165) is 11.1 Å². The molecule has 0 radical (unpaired) electrons. The summed E-state index contributed by atoms with van der Waals surface area (Å²) >= 11 is 0. The Hall–Kier alpha value is -4.78. The molecule has 0 aromatic heterocycles. The minimum Gasteiger partial charge on any atom is -0.299 e. The zero-order valence-electron chi connectivity index (χ0n) is 20.7. The molecule has 0 atom stereocenters. The quantitative estimate of drug-likeness (QED) is 0.350. The molecule has 35 heavy (non-hydrogen) atoms. The van der Waals surface area contributed by atoms with Gasteiger partial charge in [-0.2, -0.15) is 21.0 Å². The van der Waals surface area contributed by atoms with Gasteiger partial charge in [0.15, 0.2) is 5.78 Å². The molecule has 6 heteroatoms. The fourth-order valence-electron chi connectivity index (χ4n) is 2.09. The molecular weight excluding hydrogens is 436 g/mol. The second-order valence-corrected chi connectivity index (χ2v) is 6.35. The predicted octanol–water partition coefficient (Wildman–Crippen LogP) is 6.55. The van der Waals surface area contributed by atoms with Gasteiger partial charge in [0.1, 0.15) is 11.9 Å². The van der Waals surface area contributed by atoms with Gasteiger partial charge in [0.25, 0.3) is 0 Å². The van der Waals surface area contributed by atoms with Crippen LogP contribution in [-0.4, -0.2) is 11.6 Å². The molecule has 0 fully saturated rings. The predicted molar refractivity (Wildman–Crippen MR) is 138 cm³/mol. The van der Waals surface area contributed by atoms with Crippen LogP contribution in [0.25, 0.3) is 12.2 Å². The highest BCUT2D eigenvalue weighted by Gasteiger charge is 2.05. The molecule has 0 aliphatic rings. The van der Waals surface area contributed by atoms with Crippen LogP contribution in [0, 0.1) is 45.3 Å². The SMILES string of the molecule is C=Cc1ccc(C#N)cc1.CC.CCC(=O)/C(C#N)=C\c1ccc(C#N)cc1.CCC(=O)CC#N. The maximum Gasteiger partial charge on any atom is 0.173 e. The van der Waals surface area contributed by atoms with Crippen molar-refractivity contribution in [2.75, 3.05) is 0 Å². The Labute approximate surface area is 208 Å². The highest BCUT2D eigenvalue weighted by molar-refractivity contribution is 6.03. The minimum absolute atomic E-state index is 0.0162. The van der Waals surface area contributed by atoms with E-state index in [-0.39, 0.29) is 23.6 Å². The molecule has 178 valence electrons. The monoisotopic (exact) mass is 466 g/mol. The van der Waals surface area contributed by atoms with Crippen LogP contribution in [0.15, 0.2) is 60.7 Å². The van der Waals surface area contributed by atoms with E-state index in [1.807, 2.05) is 44.2 Å². The van der Waals surface area contributed by atoms with Crippen LogP contribution in [0.4, 0.5) is 0 Å². The second-order valence-electron chi connectivity index (χ2n) is 6.35. The number of nitriles is 4. The molecule has 6 nitrogen and oxygen atoms in total. The third-order valence-electron chi connectivity index (χ3n) is 4.04. The molecule has 0 spiro atoms. The van der Waals surface area contributed by atoms with Crippen molar-refractivity contribution >= 4 is 23.7 Å². The summed E-state index contributed by atoms with van der Waals surface area (Å²) in [4.78, 5) is 21.5. The van der Waals surface area contributed by atoms with Gasteiger partial charge >= 0.3 is 0 Å². The zero-order valence-corrected chi connectivity index (χ0v) is 20.7. The second kappa shape index (κ2) is 21.1. The number of hydrogen-bond donors (Lipinski definition) is 0. The van der Waals surface area contributed by atoms with Crippen molar-refractivity contribution in [2.45, 2.75) is 47.0 Å². The third-order valence-corrected chi connectivity index (χ3v) is 4.04. The summed E-state index contributed by atoms with van der Waals surface area (Å²) in [7, 11) is 0. The molecule has 2 aromatic carbocycles. The average molecular weight is 467 g/mol. The first-order valence-electron chi connectivity index (χ1n) is 11.0. The minimum atomic E-state index is -0.174. The number of ketones is 2. The van der Waals surface area contributed by atoms with Crippen LogP contribution in [-0.2, 0) is 9.59 Å². The molecule has 0 unspecified atom stereocenters. The molecule has 0 saturated carbocycles. The van der Waals surface area contributed by atoms with Crippen LogP contribution in [0.2, 0.25) is 0 Å². The Morgan fingerprint density at radius 2 is 1.26 bits per heavy atom. The van der Waals surface area contributed by atoms with Crippen LogP contribution < -0.4 is 0 Å². The molecule has 0 bridgehead atoms. The van der Waals surface area contributed by atoms with E-state index in [2.05, 4.69) is 6.58 Å². The molecule has 0 aliphatic carbocycles. The van der Waals surface area contributed by atoms with Crippen LogP contribution in [0.3, 0.4) is 0 Å². The summed E-state index contributed by atoms with van der Waals surface area (Å²) in [5, 5.41) is 33.7. The number of rotatable bonds is 6. The topological polar surface area (TPSA) is 129 Å². The molecule has 0 N–H and O–H groups in total. The largest absolute Gasteiger partial charge is 0.299 e. The third kappa shape index (κ3) is 14.8. The van der Waals surface area contributed by atoms with E-state index in [1.54, 1.807) is 62.4 Å². The number of carbonyl (C=O) groups is 2. The maximum atomic E-state index is 11.3. The number of hydrogen-bond acceptors (Lipinski definition) is 6. The molecule has 0 amide bonds. The normalized spacial score (nSPS) is 8.74. The lowest BCUT2D eigenvalue weighted by molar-refractivity contribution is -0.118. The first-order chi connectivity index (χ1) is 16.9. The molecule has 0 saturated heterocycles. The van der Waals surface area contributed by atoms with Crippen molar-refractivity contribution in [1.82, 2.24) is 0 Å². The van der Waals surface area contributed by atoms with Gasteiger partial charge in [0.2, 0.25) is 0 Å². The number of Topliss-reactive ketones (excluding diaryl/α,β-unsaturated/α-hetero) is 2. The number of carbonyl (C=O) groups excluding carboxylic acids is 2. The first-order valence-corrected chi connectivity index (χ1v) is 11.0. The first kappa shape index (κ1) is 32.4. The van der Waals surface area contributed by atoms with Crippen molar-refractivity contribution < 1.29 is 9.59 Å². The zero-order chi connectivity index (χ0) is 27.1. The molecular formula is C29H30N4O2. The smallest absolute Gasteiger partial charge is 0.173 e. The van der Waals surface area contributed by atoms with E-state index in [1.165, 1.54) is 6.08 Å². The van der Waals surface area contributed by atoms with E-state index >= 15 is 0 Å². The van der Waals surface area contributed by atoms with Gasteiger partial charge in [-0.05, 0) is 41.5 Å². The Morgan fingerprint density at radius 1 is 0.800 bits per heavy atom. The number of nitrogens with zero attached hydrogens (tertiary/aromatic N) is 4. The van der Waals surface area contributed by atoms with Gasteiger partial charge in [-0.15, -0.1) is 0 Å². The maximum absolute atomic E-state index is 11.3. The van der Waals surface area contributed by atoms with Crippen molar-refractivity contribution in [3.63, 3.8) is 0 Å². The fraction of sp³-hybridized carbons (Fsp3) is 0.241. The highest BCUT2D eigenvalue weighted by atomic mass is 16.1. The van der Waals surface area contributed by atoms with Crippen LogP contribution in [0.1, 0.15) is 69.2 Å². The molecule has 2 aromatic rings. The summed E-state index contributed by atoms with van der Waals surface area (Å²) in [5.41, 5.74) is 3.17. The van der Waals surface area contributed by atoms with Gasteiger partial charge in [-0.1, -0.05) is 64.6 Å². The highest BCUT2D eigenvalue weighted by Crippen LogP contribution is 2.10. The van der Waals surface area contributed by atoms with Crippen LogP contribution >= 0.6 is 0 Å². The summed E-state index contributed by atoms with van der Waals surface area (Å²) in [6.45, 7) is 11.1. The fourth-order valence-corrected chi connectivity index (χ4v) is 2.09. The Bertz CT molecular complexity index is 1130. The summed E-state index contributed by atoms with van der Waals surface area (Å²) in [5.74, 6) is -0.158. The molecule has 0 aliphatic heterocycles. The average Bonchev–Trinajstić information content (AvgIpc) is 2.93. The van der Waals surface area contributed by atoms with E-state index in [9.17, 15) is 9.59 Å². The van der Waals surface area contributed by atoms with Crippen LogP contribution in [0.5, 0.6) is 0 Å². The van der Waals surface area contributed by atoms with Crippen molar-refractivity contribution in [3.8, 4) is 24.3 Å². The summed E-state index contributed by atoms with van der Waals surface area (Å²) in [6, 6.07) is 21.7. The Balaban J connectivity index is 0. The van der Waals surface area contributed by atoms with Crippen molar-refractivity contribution in [2.24, 2.45) is 0 Å². The van der Waals surface area contributed by atoms with Crippen molar-refractivity contribution in [3.05, 3.63) is 82.9 Å². The van der Waals surface area contributed by atoms with Gasteiger partial charge in [0, 0.05) is 12.8 Å².